The molecule has 1 atom stereocenters. The Morgan fingerprint density at radius 1 is 1.26 bits per heavy atom. The summed E-state index contributed by atoms with van der Waals surface area (Å²) in [5.74, 6) is 1.43. The number of para-hydroxylation sites is 2. The van der Waals surface area contributed by atoms with E-state index in [9.17, 15) is 4.79 Å². The maximum Gasteiger partial charge on any atom is 0.321 e. The van der Waals surface area contributed by atoms with Crippen LogP contribution < -0.4 is 14.8 Å². The second-order valence-electron chi connectivity index (χ2n) is 5.32. The van der Waals surface area contributed by atoms with Gasteiger partial charge in [-0.2, -0.15) is 0 Å². The molecule has 0 radical (unpaired) electrons. The Labute approximate surface area is 139 Å². The summed E-state index contributed by atoms with van der Waals surface area (Å²) in [7, 11) is 1.71. The number of likely N-dealkylation sites (N-methyl/N-ethyl adjacent to an activating group) is 1. The van der Waals surface area contributed by atoms with Crippen LogP contribution in [0.3, 0.4) is 0 Å². The standard InChI is InChI=1S/C17H17ClN2O3/c1-20(17(21)19-13-6-4-5-12(18)9-13)10-14-11-22-15-7-2-3-8-16(15)23-14/h2-9,14H,10-11H2,1H3,(H,19,21)/t14-/m0/s1. The summed E-state index contributed by atoms with van der Waals surface area (Å²) < 4.78 is 11.5. The zero-order valence-electron chi connectivity index (χ0n) is 12.7. The van der Waals surface area contributed by atoms with Gasteiger partial charge < -0.3 is 19.7 Å². The van der Waals surface area contributed by atoms with Gasteiger partial charge in [-0.15, -0.1) is 0 Å². The van der Waals surface area contributed by atoms with Gasteiger partial charge in [0.15, 0.2) is 17.6 Å². The highest BCUT2D eigenvalue weighted by Crippen LogP contribution is 2.31. The van der Waals surface area contributed by atoms with Crippen LogP contribution in [0.25, 0.3) is 0 Å². The van der Waals surface area contributed by atoms with Gasteiger partial charge in [0.25, 0.3) is 0 Å². The topological polar surface area (TPSA) is 50.8 Å². The van der Waals surface area contributed by atoms with E-state index in [1.165, 1.54) is 0 Å². The minimum atomic E-state index is -0.227. The molecule has 0 saturated carbocycles. The maximum atomic E-state index is 12.2. The maximum absolute atomic E-state index is 12.2. The fourth-order valence-electron chi connectivity index (χ4n) is 2.33. The fourth-order valence-corrected chi connectivity index (χ4v) is 2.52. The molecule has 1 aliphatic heterocycles. The van der Waals surface area contributed by atoms with E-state index in [1.807, 2.05) is 24.3 Å². The summed E-state index contributed by atoms with van der Waals surface area (Å²) in [6.45, 7) is 0.826. The lowest BCUT2D eigenvalue weighted by Crippen LogP contribution is -2.43. The highest BCUT2D eigenvalue weighted by Gasteiger charge is 2.23. The normalized spacial score (nSPS) is 15.8. The number of fused-ring (bicyclic) bond motifs is 1. The number of hydrogen-bond donors (Lipinski definition) is 1. The molecule has 2 amide bonds. The van der Waals surface area contributed by atoms with Crippen molar-refractivity contribution in [1.29, 1.82) is 0 Å². The smallest absolute Gasteiger partial charge is 0.321 e. The zero-order valence-corrected chi connectivity index (χ0v) is 13.4. The van der Waals surface area contributed by atoms with Crippen LogP contribution in [0.5, 0.6) is 11.5 Å². The zero-order chi connectivity index (χ0) is 16.2. The Morgan fingerprint density at radius 2 is 2.04 bits per heavy atom. The number of halogens is 1. The monoisotopic (exact) mass is 332 g/mol. The highest BCUT2D eigenvalue weighted by molar-refractivity contribution is 6.30. The lowest BCUT2D eigenvalue weighted by atomic mass is 10.2. The van der Waals surface area contributed by atoms with E-state index in [0.717, 1.165) is 5.75 Å². The lowest BCUT2D eigenvalue weighted by molar-refractivity contribution is 0.0731. The molecule has 0 spiro atoms. The third-order valence-corrected chi connectivity index (χ3v) is 3.70. The number of anilines is 1. The molecule has 1 aliphatic rings. The number of benzene rings is 2. The molecule has 6 heteroatoms. The van der Waals surface area contributed by atoms with Gasteiger partial charge >= 0.3 is 6.03 Å². The predicted molar refractivity (Wildman–Crippen MR) is 89.5 cm³/mol. The number of ether oxygens (including phenoxy) is 2. The number of carbonyl (C=O) groups is 1. The number of rotatable bonds is 3. The molecule has 1 heterocycles. The minimum Gasteiger partial charge on any atom is -0.486 e. The van der Waals surface area contributed by atoms with Crippen molar-refractivity contribution in [3.63, 3.8) is 0 Å². The van der Waals surface area contributed by atoms with Gasteiger partial charge in [0, 0.05) is 17.8 Å². The highest BCUT2D eigenvalue weighted by atomic mass is 35.5. The molecule has 0 bridgehead atoms. The Morgan fingerprint density at radius 3 is 2.83 bits per heavy atom. The van der Waals surface area contributed by atoms with E-state index >= 15 is 0 Å². The number of carbonyl (C=O) groups excluding carboxylic acids is 1. The Kier molecular flexibility index (Phi) is 4.57. The largest absolute Gasteiger partial charge is 0.486 e. The third-order valence-electron chi connectivity index (χ3n) is 3.47. The Bertz CT molecular complexity index is 708. The van der Waals surface area contributed by atoms with E-state index < -0.39 is 0 Å². The molecule has 0 aliphatic carbocycles. The van der Waals surface area contributed by atoms with Gasteiger partial charge in [0.05, 0.1) is 6.54 Å². The van der Waals surface area contributed by atoms with E-state index in [4.69, 9.17) is 21.1 Å². The molecule has 0 aromatic heterocycles. The predicted octanol–water partition coefficient (Wildman–Crippen LogP) is 3.64. The number of nitrogens with one attached hydrogen (secondary N) is 1. The number of urea groups is 1. The van der Waals surface area contributed by atoms with Gasteiger partial charge in [0.2, 0.25) is 0 Å². The summed E-state index contributed by atoms with van der Waals surface area (Å²) >= 11 is 5.91. The molecule has 2 aromatic rings. The second-order valence-corrected chi connectivity index (χ2v) is 5.76. The summed E-state index contributed by atoms with van der Waals surface area (Å²) in [6, 6.07) is 14.3. The molecule has 120 valence electrons. The quantitative estimate of drug-likeness (QED) is 0.933. The number of hydrogen-bond acceptors (Lipinski definition) is 3. The van der Waals surface area contributed by atoms with Crippen LogP contribution >= 0.6 is 11.6 Å². The second kappa shape index (κ2) is 6.79. The SMILES string of the molecule is CN(C[C@H]1COc2ccccc2O1)C(=O)Nc1cccc(Cl)c1. The first-order valence-corrected chi connectivity index (χ1v) is 7.66. The van der Waals surface area contributed by atoms with Crippen molar-refractivity contribution in [3.05, 3.63) is 53.6 Å². The van der Waals surface area contributed by atoms with Gasteiger partial charge in [-0.25, -0.2) is 4.79 Å². The van der Waals surface area contributed by atoms with E-state index in [-0.39, 0.29) is 12.1 Å². The average Bonchev–Trinajstić information content (AvgIpc) is 2.54. The minimum absolute atomic E-state index is 0.208. The van der Waals surface area contributed by atoms with E-state index in [1.54, 1.807) is 36.2 Å². The molecule has 0 saturated heterocycles. The van der Waals surface area contributed by atoms with Crippen molar-refractivity contribution in [1.82, 2.24) is 4.90 Å². The van der Waals surface area contributed by atoms with Crippen LogP contribution in [-0.2, 0) is 0 Å². The lowest BCUT2D eigenvalue weighted by Gasteiger charge is -2.29. The van der Waals surface area contributed by atoms with Crippen molar-refractivity contribution in [2.24, 2.45) is 0 Å². The molecule has 0 fully saturated rings. The van der Waals surface area contributed by atoms with Crippen LogP contribution in [0.1, 0.15) is 0 Å². The van der Waals surface area contributed by atoms with Crippen LogP contribution in [0.4, 0.5) is 10.5 Å². The van der Waals surface area contributed by atoms with E-state index in [2.05, 4.69) is 5.32 Å². The van der Waals surface area contributed by atoms with Gasteiger partial charge in [-0.1, -0.05) is 29.8 Å². The van der Waals surface area contributed by atoms with E-state index in [0.29, 0.717) is 29.6 Å². The van der Waals surface area contributed by atoms with Crippen LogP contribution in [-0.4, -0.2) is 37.2 Å². The van der Waals surface area contributed by atoms with Crippen molar-refractivity contribution in [2.45, 2.75) is 6.10 Å². The first-order chi connectivity index (χ1) is 11.1. The first kappa shape index (κ1) is 15.5. The van der Waals surface area contributed by atoms with Gasteiger partial charge in [-0.3, -0.25) is 0 Å². The molecule has 5 nitrogen and oxygen atoms in total. The molecule has 2 aromatic carbocycles. The van der Waals surface area contributed by atoms with Crippen LogP contribution in [0.2, 0.25) is 5.02 Å². The molecule has 1 N–H and O–H groups in total. The molecular formula is C17H17ClN2O3. The number of amides is 2. The number of nitrogens with zero attached hydrogens (tertiary/aromatic N) is 1. The van der Waals surface area contributed by atoms with Crippen molar-refractivity contribution < 1.29 is 14.3 Å². The molecule has 23 heavy (non-hydrogen) atoms. The van der Waals surface area contributed by atoms with Crippen molar-refractivity contribution in [3.8, 4) is 11.5 Å². The van der Waals surface area contributed by atoms with Crippen molar-refractivity contribution in [2.75, 3.05) is 25.5 Å². The van der Waals surface area contributed by atoms with Crippen LogP contribution in [0, 0.1) is 0 Å². The summed E-state index contributed by atoms with van der Waals surface area (Å²) in [4.78, 5) is 13.8. The van der Waals surface area contributed by atoms with Gasteiger partial charge in [-0.05, 0) is 30.3 Å². The summed E-state index contributed by atoms with van der Waals surface area (Å²) in [5, 5.41) is 3.37. The third kappa shape index (κ3) is 3.87. The molecular weight excluding hydrogens is 316 g/mol. The van der Waals surface area contributed by atoms with Crippen molar-refractivity contribution >= 4 is 23.3 Å². The fraction of sp³-hybridized carbons (Fsp3) is 0.235. The summed E-state index contributed by atoms with van der Waals surface area (Å²) in [6.07, 6.45) is -0.208. The summed E-state index contributed by atoms with van der Waals surface area (Å²) in [5.41, 5.74) is 0.653. The Balaban J connectivity index is 1.57. The van der Waals surface area contributed by atoms with Crippen LogP contribution in [0.15, 0.2) is 48.5 Å². The van der Waals surface area contributed by atoms with Gasteiger partial charge in [0.1, 0.15) is 6.61 Å². The molecule has 3 rings (SSSR count). The Hall–Kier alpha value is -2.40. The first-order valence-electron chi connectivity index (χ1n) is 7.28. The average molecular weight is 333 g/mol. The molecule has 0 unspecified atom stereocenters.